The first-order chi connectivity index (χ1) is 16.7. The maximum absolute atomic E-state index is 12.5. The molecule has 2 heterocycles. The zero-order chi connectivity index (χ0) is 25.1. The molecule has 7 nitrogen and oxygen atoms in total. The van der Waals surface area contributed by atoms with Crippen LogP contribution in [0, 0.1) is 17.8 Å². The van der Waals surface area contributed by atoms with Crippen LogP contribution in [0.3, 0.4) is 0 Å². The minimum atomic E-state index is -0.111. The van der Waals surface area contributed by atoms with E-state index in [2.05, 4.69) is 52.1 Å². The number of fused-ring (bicyclic) bond motifs is 1. The molecule has 0 spiro atoms. The number of benzene rings is 1. The second-order valence-electron chi connectivity index (χ2n) is 11.3. The number of hydrogen-bond acceptors (Lipinski definition) is 4. The van der Waals surface area contributed by atoms with E-state index < -0.39 is 0 Å². The van der Waals surface area contributed by atoms with Crippen molar-refractivity contribution in [3.05, 3.63) is 23.8 Å². The Balaban J connectivity index is 1.52. The minimum Gasteiger partial charge on any atom is -0.354 e. The molecule has 2 aromatic rings. The van der Waals surface area contributed by atoms with Gasteiger partial charge in [0.2, 0.25) is 17.8 Å². The van der Waals surface area contributed by atoms with Gasteiger partial charge in [-0.05, 0) is 95.0 Å². The van der Waals surface area contributed by atoms with Crippen LogP contribution in [0.1, 0.15) is 84.7 Å². The van der Waals surface area contributed by atoms with Crippen molar-refractivity contribution in [1.29, 1.82) is 0 Å². The first-order valence-electron chi connectivity index (χ1n) is 13.5. The average Bonchev–Trinajstić information content (AvgIpc) is 3.15. The lowest BCUT2D eigenvalue weighted by Gasteiger charge is -2.34. The van der Waals surface area contributed by atoms with Crippen molar-refractivity contribution in [3.8, 4) is 0 Å². The van der Waals surface area contributed by atoms with Gasteiger partial charge in [-0.15, -0.1) is 0 Å². The minimum absolute atomic E-state index is 0.0666. The molecule has 7 heteroatoms. The van der Waals surface area contributed by atoms with Crippen molar-refractivity contribution in [2.24, 2.45) is 17.8 Å². The number of piperidine rings is 1. The molecule has 192 valence electrons. The van der Waals surface area contributed by atoms with Crippen molar-refractivity contribution in [1.82, 2.24) is 19.8 Å². The zero-order valence-electron chi connectivity index (χ0n) is 22.1. The van der Waals surface area contributed by atoms with E-state index in [-0.39, 0.29) is 29.8 Å². The summed E-state index contributed by atoms with van der Waals surface area (Å²) in [6, 6.07) is 6.93. The molecular weight excluding hydrogens is 438 g/mol. The first kappa shape index (κ1) is 25.7. The number of amides is 2. The zero-order valence-corrected chi connectivity index (χ0v) is 22.1. The summed E-state index contributed by atoms with van der Waals surface area (Å²) in [6.45, 7) is 13.5. The predicted octanol–water partition coefficient (Wildman–Crippen LogP) is 5.12. The third-order valence-electron chi connectivity index (χ3n) is 7.89. The molecule has 1 saturated carbocycles. The van der Waals surface area contributed by atoms with Gasteiger partial charge in [0.25, 0.3) is 0 Å². The van der Waals surface area contributed by atoms with E-state index in [1.54, 1.807) is 0 Å². The lowest BCUT2D eigenvalue weighted by atomic mass is 9.85. The van der Waals surface area contributed by atoms with Crippen molar-refractivity contribution in [2.75, 3.05) is 18.4 Å². The van der Waals surface area contributed by atoms with Gasteiger partial charge in [-0.2, -0.15) is 0 Å². The Bertz CT molecular complexity index is 1030. The van der Waals surface area contributed by atoms with E-state index in [0.29, 0.717) is 5.95 Å². The Kier molecular flexibility index (Phi) is 8.15. The van der Waals surface area contributed by atoms with Crippen LogP contribution in [0.15, 0.2) is 18.2 Å². The van der Waals surface area contributed by atoms with Gasteiger partial charge in [0.1, 0.15) is 0 Å². The Morgan fingerprint density at radius 2 is 1.71 bits per heavy atom. The van der Waals surface area contributed by atoms with Crippen LogP contribution >= 0.6 is 0 Å². The molecule has 4 rings (SSSR count). The van der Waals surface area contributed by atoms with Gasteiger partial charge in [-0.1, -0.05) is 19.9 Å². The summed E-state index contributed by atoms with van der Waals surface area (Å²) in [4.78, 5) is 31.8. The molecule has 1 aliphatic heterocycles. The van der Waals surface area contributed by atoms with E-state index >= 15 is 0 Å². The Labute approximate surface area is 210 Å². The lowest BCUT2D eigenvalue weighted by Crippen LogP contribution is -2.37. The fourth-order valence-electron chi connectivity index (χ4n) is 5.89. The third-order valence-corrected chi connectivity index (χ3v) is 7.89. The van der Waals surface area contributed by atoms with E-state index in [1.807, 2.05) is 13.8 Å². The van der Waals surface area contributed by atoms with Gasteiger partial charge < -0.3 is 9.88 Å². The smallest absolute Gasteiger partial charge is 0.223 e. The van der Waals surface area contributed by atoms with E-state index in [0.717, 1.165) is 68.2 Å². The van der Waals surface area contributed by atoms with Gasteiger partial charge in [-0.3, -0.25) is 19.8 Å². The van der Waals surface area contributed by atoms with Crippen LogP contribution in [0.2, 0.25) is 0 Å². The van der Waals surface area contributed by atoms with Gasteiger partial charge in [-0.25, -0.2) is 4.98 Å². The highest BCUT2D eigenvalue weighted by Gasteiger charge is 2.30. The molecule has 2 aliphatic rings. The summed E-state index contributed by atoms with van der Waals surface area (Å²) >= 11 is 0. The Hall–Kier alpha value is -2.41. The predicted molar refractivity (Wildman–Crippen MR) is 141 cm³/mol. The number of carbonyl (C=O) groups excluding carboxylic acids is 2. The standard InChI is InChI=1S/C28H43N5O2/c1-18(2)22-12-14-32(15-13-22)17-21-6-11-25-26(16-21)33(28(31-25)30-20(5)34)24-9-7-23(8-10-24)27(35)29-19(3)4/h6,11,16,18-19,22-24H,7-10,12-15,17H2,1-5H3,(H,29,35)(H,30,31,34). The topological polar surface area (TPSA) is 79.3 Å². The van der Waals surface area contributed by atoms with Crippen LogP contribution in [-0.2, 0) is 16.1 Å². The first-order valence-corrected chi connectivity index (χ1v) is 13.5. The van der Waals surface area contributed by atoms with Crippen LogP contribution in [0.25, 0.3) is 11.0 Å². The van der Waals surface area contributed by atoms with Crippen molar-refractivity contribution < 1.29 is 9.59 Å². The number of carbonyl (C=O) groups is 2. The lowest BCUT2D eigenvalue weighted by molar-refractivity contribution is -0.126. The van der Waals surface area contributed by atoms with Gasteiger partial charge in [0.15, 0.2) is 0 Å². The van der Waals surface area contributed by atoms with E-state index in [1.165, 1.54) is 25.3 Å². The number of likely N-dealkylation sites (tertiary alicyclic amines) is 1. The fraction of sp³-hybridized carbons (Fsp3) is 0.679. The number of imidazole rings is 1. The molecule has 0 atom stereocenters. The van der Waals surface area contributed by atoms with Crippen molar-refractivity contribution in [3.63, 3.8) is 0 Å². The Morgan fingerprint density at radius 3 is 2.31 bits per heavy atom. The summed E-state index contributed by atoms with van der Waals surface area (Å²) in [5.41, 5.74) is 3.29. The number of anilines is 1. The molecule has 0 unspecified atom stereocenters. The SMILES string of the molecule is CC(=O)Nc1nc2ccc(CN3CCC(C(C)C)CC3)cc2n1C1CCC(C(=O)NC(C)C)CC1. The highest BCUT2D eigenvalue weighted by molar-refractivity contribution is 5.90. The molecular formula is C28H43N5O2. The van der Waals surface area contributed by atoms with Crippen LogP contribution in [0.5, 0.6) is 0 Å². The molecule has 2 fully saturated rings. The summed E-state index contributed by atoms with van der Waals surface area (Å²) in [5, 5.41) is 6.02. The third kappa shape index (κ3) is 6.24. The second-order valence-corrected chi connectivity index (χ2v) is 11.3. The van der Waals surface area contributed by atoms with Crippen LogP contribution in [0.4, 0.5) is 5.95 Å². The fourth-order valence-corrected chi connectivity index (χ4v) is 5.89. The molecule has 0 radical (unpaired) electrons. The number of aromatic nitrogens is 2. The molecule has 0 bridgehead atoms. The van der Waals surface area contributed by atoms with Crippen LogP contribution in [-0.4, -0.2) is 45.4 Å². The monoisotopic (exact) mass is 481 g/mol. The largest absolute Gasteiger partial charge is 0.354 e. The normalized spacial score (nSPS) is 22.1. The highest BCUT2D eigenvalue weighted by Crippen LogP contribution is 2.37. The summed E-state index contributed by atoms with van der Waals surface area (Å²) < 4.78 is 2.22. The molecule has 2 amide bonds. The average molecular weight is 482 g/mol. The number of hydrogen-bond donors (Lipinski definition) is 2. The quantitative estimate of drug-likeness (QED) is 0.575. The number of nitrogens with one attached hydrogen (secondary N) is 2. The number of rotatable bonds is 7. The van der Waals surface area contributed by atoms with E-state index in [9.17, 15) is 9.59 Å². The summed E-state index contributed by atoms with van der Waals surface area (Å²) in [5.74, 6) is 2.35. The Morgan fingerprint density at radius 1 is 1.03 bits per heavy atom. The molecule has 1 aromatic heterocycles. The van der Waals surface area contributed by atoms with Gasteiger partial charge in [0.05, 0.1) is 11.0 Å². The molecule has 1 saturated heterocycles. The summed E-state index contributed by atoms with van der Waals surface area (Å²) in [6.07, 6.45) is 6.07. The molecule has 1 aliphatic carbocycles. The summed E-state index contributed by atoms with van der Waals surface area (Å²) in [7, 11) is 0. The van der Waals surface area contributed by atoms with Crippen LogP contribution < -0.4 is 10.6 Å². The highest BCUT2D eigenvalue weighted by atomic mass is 16.2. The van der Waals surface area contributed by atoms with Gasteiger partial charge >= 0.3 is 0 Å². The number of nitrogens with zero attached hydrogens (tertiary/aromatic N) is 3. The second kappa shape index (κ2) is 11.1. The maximum atomic E-state index is 12.5. The van der Waals surface area contributed by atoms with Gasteiger partial charge in [0, 0.05) is 31.5 Å². The molecule has 35 heavy (non-hydrogen) atoms. The van der Waals surface area contributed by atoms with Crippen molar-refractivity contribution in [2.45, 2.75) is 91.8 Å². The molecule has 1 aromatic carbocycles. The maximum Gasteiger partial charge on any atom is 0.223 e. The van der Waals surface area contributed by atoms with Crippen molar-refractivity contribution >= 4 is 28.8 Å². The molecule has 2 N–H and O–H groups in total. The van der Waals surface area contributed by atoms with E-state index in [4.69, 9.17) is 4.98 Å².